The standard InChI is InChI=1S/C17H19FN4O3S/c1-2-22(14-9-10-26(24,25)11-14)16-8-7-15(20-21-16)17(23)19-13-5-3-12(18)4-6-13/h3-8,14H,2,9-11H2,1H3,(H,19,23). The third-order valence-electron chi connectivity index (χ3n) is 4.27. The van der Waals surface area contributed by atoms with Gasteiger partial charge in [-0.1, -0.05) is 0 Å². The summed E-state index contributed by atoms with van der Waals surface area (Å²) in [5, 5.41) is 10.6. The number of nitrogens with zero attached hydrogens (tertiary/aromatic N) is 3. The van der Waals surface area contributed by atoms with Gasteiger partial charge in [-0.2, -0.15) is 0 Å². The lowest BCUT2D eigenvalue weighted by Gasteiger charge is -2.27. The third kappa shape index (κ3) is 4.16. The normalized spacial score (nSPS) is 18.5. The molecule has 3 rings (SSSR count). The highest BCUT2D eigenvalue weighted by Gasteiger charge is 2.32. The number of carbonyl (C=O) groups is 1. The summed E-state index contributed by atoms with van der Waals surface area (Å²) in [6.07, 6.45) is 0.560. The lowest BCUT2D eigenvalue weighted by Crippen LogP contribution is -2.37. The summed E-state index contributed by atoms with van der Waals surface area (Å²) in [7, 11) is -3.00. The van der Waals surface area contributed by atoms with E-state index in [2.05, 4.69) is 15.5 Å². The minimum absolute atomic E-state index is 0.106. The zero-order valence-corrected chi connectivity index (χ0v) is 15.0. The van der Waals surface area contributed by atoms with Crippen molar-refractivity contribution in [3.63, 3.8) is 0 Å². The lowest BCUT2D eigenvalue weighted by molar-refractivity contribution is 0.102. The predicted molar refractivity (Wildman–Crippen MR) is 96.5 cm³/mol. The van der Waals surface area contributed by atoms with E-state index in [0.717, 1.165) is 0 Å². The molecule has 1 aromatic carbocycles. The molecule has 1 saturated heterocycles. The first-order chi connectivity index (χ1) is 12.4. The molecule has 0 radical (unpaired) electrons. The molecule has 9 heteroatoms. The monoisotopic (exact) mass is 378 g/mol. The second-order valence-electron chi connectivity index (χ2n) is 6.08. The highest BCUT2D eigenvalue weighted by Crippen LogP contribution is 2.22. The molecule has 1 aliphatic heterocycles. The first-order valence-corrected chi connectivity index (χ1v) is 10.1. The minimum Gasteiger partial charge on any atom is -0.351 e. The van der Waals surface area contributed by atoms with Crippen molar-refractivity contribution in [2.75, 3.05) is 28.3 Å². The summed E-state index contributed by atoms with van der Waals surface area (Å²) >= 11 is 0. The molecule has 1 fully saturated rings. The Kier molecular flexibility index (Phi) is 5.17. The van der Waals surface area contributed by atoms with Crippen LogP contribution < -0.4 is 10.2 Å². The molecule has 0 aliphatic carbocycles. The van der Waals surface area contributed by atoms with Gasteiger partial charge in [0, 0.05) is 18.3 Å². The average Bonchev–Trinajstić information content (AvgIpc) is 2.98. The molecule has 7 nitrogen and oxygen atoms in total. The highest BCUT2D eigenvalue weighted by atomic mass is 32.2. The van der Waals surface area contributed by atoms with Gasteiger partial charge in [-0.05, 0) is 49.7 Å². The second-order valence-corrected chi connectivity index (χ2v) is 8.31. The molecule has 1 aromatic heterocycles. The molecule has 2 aromatic rings. The van der Waals surface area contributed by atoms with E-state index in [1.165, 1.54) is 30.3 Å². The van der Waals surface area contributed by atoms with Crippen molar-refractivity contribution in [3.8, 4) is 0 Å². The van der Waals surface area contributed by atoms with E-state index < -0.39 is 15.7 Å². The van der Waals surface area contributed by atoms with Crippen LogP contribution in [-0.4, -0.2) is 48.6 Å². The van der Waals surface area contributed by atoms with Gasteiger partial charge in [0.25, 0.3) is 5.91 Å². The van der Waals surface area contributed by atoms with E-state index in [1.807, 2.05) is 11.8 Å². The van der Waals surface area contributed by atoms with Crippen molar-refractivity contribution in [3.05, 3.63) is 47.9 Å². The summed E-state index contributed by atoms with van der Waals surface area (Å²) in [4.78, 5) is 14.1. The summed E-state index contributed by atoms with van der Waals surface area (Å²) < 4.78 is 36.3. The zero-order chi connectivity index (χ0) is 18.7. The number of hydrogen-bond acceptors (Lipinski definition) is 6. The summed E-state index contributed by atoms with van der Waals surface area (Å²) in [5.74, 6) is -0.0226. The Morgan fingerprint density at radius 3 is 2.50 bits per heavy atom. The number of aromatic nitrogens is 2. The summed E-state index contributed by atoms with van der Waals surface area (Å²) in [6, 6.07) is 8.47. The van der Waals surface area contributed by atoms with Crippen molar-refractivity contribution in [2.45, 2.75) is 19.4 Å². The van der Waals surface area contributed by atoms with Crippen LogP contribution in [0.2, 0.25) is 0 Å². The first-order valence-electron chi connectivity index (χ1n) is 8.25. The Labute approximate surface area is 151 Å². The Balaban J connectivity index is 1.70. The van der Waals surface area contributed by atoms with Gasteiger partial charge in [0.1, 0.15) is 5.82 Å². The quantitative estimate of drug-likeness (QED) is 0.854. The van der Waals surface area contributed by atoms with E-state index in [4.69, 9.17) is 0 Å². The van der Waals surface area contributed by atoms with Gasteiger partial charge in [-0.25, -0.2) is 12.8 Å². The molecule has 138 valence electrons. The number of hydrogen-bond donors (Lipinski definition) is 1. The molecule has 0 bridgehead atoms. The van der Waals surface area contributed by atoms with Crippen LogP contribution in [0, 0.1) is 5.82 Å². The van der Waals surface area contributed by atoms with E-state index in [1.54, 1.807) is 6.07 Å². The molecule has 1 aliphatic rings. The van der Waals surface area contributed by atoms with Gasteiger partial charge < -0.3 is 10.2 Å². The molecular formula is C17H19FN4O3S. The van der Waals surface area contributed by atoms with Crippen LogP contribution in [0.1, 0.15) is 23.8 Å². The maximum atomic E-state index is 12.9. The number of amides is 1. The van der Waals surface area contributed by atoms with E-state index in [9.17, 15) is 17.6 Å². The van der Waals surface area contributed by atoms with Crippen molar-refractivity contribution in [1.82, 2.24) is 10.2 Å². The largest absolute Gasteiger partial charge is 0.351 e. The maximum absolute atomic E-state index is 12.9. The Hall–Kier alpha value is -2.55. The SMILES string of the molecule is CCN(c1ccc(C(=O)Nc2ccc(F)cc2)nn1)C1CCS(=O)(=O)C1. The summed E-state index contributed by atoms with van der Waals surface area (Å²) in [6.45, 7) is 2.51. The van der Waals surface area contributed by atoms with Crippen molar-refractivity contribution in [2.24, 2.45) is 0 Å². The molecule has 26 heavy (non-hydrogen) atoms. The van der Waals surface area contributed by atoms with Crippen LogP contribution in [-0.2, 0) is 9.84 Å². The minimum atomic E-state index is -3.00. The van der Waals surface area contributed by atoms with Gasteiger partial charge in [-0.3, -0.25) is 4.79 Å². The second kappa shape index (κ2) is 7.36. The van der Waals surface area contributed by atoms with Crippen LogP contribution in [0.25, 0.3) is 0 Å². The zero-order valence-electron chi connectivity index (χ0n) is 14.2. The lowest BCUT2D eigenvalue weighted by atomic mass is 10.2. The van der Waals surface area contributed by atoms with Gasteiger partial charge in [0.2, 0.25) is 0 Å². The van der Waals surface area contributed by atoms with Gasteiger partial charge in [0.05, 0.1) is 11.5 Å². The molecule has 0 spiro atoms. The molecule has 1 amide bonds. The van der Waals surface area contributed by atoms with E-state index in [0.29, 0.717) is 24.5 Å². The predicted octanol–water partition coefficient (Wildman–Crippen LogP) is 1.88. The number of carbonyl (C=O) groups excluding carboxylic acids is 1. The summed E-state index contributed by atoms with van der Waals surface area (Å²) in [5.41, 5.74) is 0.571. The number of nitrogens with one attached hydrogen (secondary N) is 1. The van der Waals surface area contributed by atoms with E-state index in [-0.39, 0.29) is 29.1 Å². The maximum Gasteiger partial charge on any atom is 0.276 e. The molecule has 2 heterocycles. The van der Waals surface area contributed by atoms with E-state index >= 15 is 0 Å². The number of sulfone groups is 1. The number of anilines is 2. The number of halogens is 1. The van der Waals surface area contributed by atoms with Crippen LogP contribution in [0.5, 0.6) is 0 Å². The number of benzene rings is 1. The van der Waals surface area contributed by atoms with Crippen molar-refractivity contribution in [1.29, 1.82) is 0 Å². The smallest absolute Gasteiger partial charge is 0.276 e. The Morgan fingerprint density at radius 2 is 1.96 bits per heavy atom. The van der Waals surface area contributed by atoms with Crippen molar-refractivity contribution >= 4 is 27.2 Å². The highest BCUT2D eigenvalue weighted by molar-refractivity contribution is 7.91. The van der Waals surface area contributed by atoms with Crippen LogP contribution >= 0.6 is 0 Å². The average molecular weight is 378 g/mol. The van der Waals surface area contributed by atoms with Gasteiger partial charge >= 0.3 is 0 Å². The molecular weight excluding hydrogens is 359 g/mol. The first kappa shape index (κ1) is 18.2. The fraction of sp³-hybridized carbons (Fsp3) is 0.353. The van der Waals surface area contributed by atoms with Crippen LogP contribution in [0.3, 0.4) is 0 Å². The van der Waals surface area contributed by atoms with Crippen LogP contribution in [0.4, 0.5) is 15.9 Å². The van der Waals surface area contributed by atoms with Gasteiger partial charge in [-0.15, -0.1) is 10.2 Å². The van der Waals surface area contributed by atoms with Crippen LogP contribution in [0.15, 0.2) is 36.4 Å². The molecule has 1 N–H and O–H groups in total. The van der Waals surface area contributed by atoms with Crippen molar-refractivity contribution < 1.29 is 17.6 Å². The molecule has 1 atom stereocenters. The Bertz CT molecular complexity index is 885. The topological polar surface area (TPSA) is 92.3 Å². The fourth-order valence-electron chi connectivity index (χ4n) is 2.96. The third-order valence-corrected chi connectivity index (χ3v) is 6.02. The molecule has 0 saturated carbocycles. The Morgan fingerprint density at radius 1 is 1.23 bits per heavy atom. The molecule has 1 unspecified atom stereocenters. The number of rotatable bonds is 5. The fourth-order valence-corrected chi connectivity index (χ4v) is 4.69. The van der Waals surface area contributed by atoms with Gasteiger partial charge in [0.15, 0.2) is 21.3 Å².